The van der Waals surface area contributed by atoms with E-state index in [1.807, 2.05) is 0 Å². The molecule has 1 saturated heterocycles. The van der Waals surface area contributed by atoms with E-state index in [9.17, 15) is 0 Å². The van der Waals surface area contributed by atoms with Crippen molar-refractivity contribution in [2.75, 3.05) is 13.2 Å². The van der Waals surface area contributed by atoms with Gasteiger partial charge in [0.1, 0.15) is 0 Å². The maximum absolute atomic E-state index is 5.33. The van der Waals surface area contributed by atoms with Crippen LogP contribution in [0, 0.1) is 5.92 Å². The van der Waals surface area contributed by atoms with Gasteiger partial charge in [0.25, 0.3) is 0 Å². The van der Waals surface area contributed by atoms with Crippen LogP contribution in [0.25, 0.3) is 0 Å². The zero-order valence-corrected chi connectivity index (χ0v) is 5.51. The first-order valence-corrected chi connectivity index (χ1v) is 3.70. The van der Waals surface area contributed by atoms with Crippen molar-refractivity contribution in [3.63, 3.8) is 0 Å². The zero-order valence-electron chi connectivity index (χ0n) is 5.51. The second kappa shape index (κ2) is 2.27. The van der Waals surface area contributed by atoms with E-state index in [-0.39, 0.29) is 6.29 Å². The Morgan fingerprint density at radius 1 is 1.00 bits per heavy atom. The van der Waals surface area contributed by atoms with Crippen molar-refractivity contribution >= 4 is 0 Å². The van der Waals surface area contributed by atoms with Gasteiger partial charge in [0.15, 0.2) is 6.29 Å². The molecular weight excluding hydrogens is 116 g/mol. The van der Waals surface area contributed by atoms with Crippen molar-refractivity contribution in [3.05, 3.63) is 0 Å². The summed E-state index contributed by atoms with van der Waals surface area (Å²) in [6, 6.07) is 0. The van der Waals surface area contributed by atoms with Gasteiger partial charge in [-0.2, -0.15) is 0 Å². The van der Waals surface area contributed by atoms with Gasteiger partial charge in [-0.1, -0.05) is 6.42 Å². The quantitative estimate of drug-likeness (QED) is 0.527. The highest BCUT2D eigenvalue weighted by atomic mass is 16.7. The molecule has 52 valence electrons. The van der Waals surface area contributed by atoms with Crippen LogP contribution in [0.1, 0.15) is 19.3 Å². The first kappa shape index (κ1) is 5.69. The molecule has 0 bridgehead atoms. The molecule has 9 heavy (non-hydrogen) atoms. The van der Waals surface area contributed by atoms with Crippen molar-refractivity contribution in [1.29, 1.82) is 0 Å². The molecule has 2 rings (SSSR count). The Kier molecular flexibility index (Phi) is 1.44. The maximum Gasteiger partial charge on any atom is 0.160 e. The molecule has 1 saturated carbocycles. The fourth-order valence-electron chi connectivity index (χ4n) is 1.36. The van der Waals surface area contributed by atoms with Gasteiger partial charge < -0.3 is 9.47 Å². The highest BCUT2D eigenvalue weighted by molar-refractivity contribution is 4.74. The van der Waals surface area contributed by atoms with Gasteiger partial charge in [0.05, 0.1) is 13.2 Å². The fourth-order valence-corrected chi connectivity index (χ4v) is 1.36. The van der Waals surface area contributed by atoms with Crippen LogP contribution in [-0.4, -0.2) is 19.5 Å². The van der Waals surface area contributed by atoms with Gasteiger partial charge in [-0.3, -0.25) is 0 Å². The van der Waals surface area contributed by atoms with E-state index in [1.165, 1.54) is 19.3 Å². The SMILES string of the molecule is C1CC(C2OCCO2)C1. The Labute approximate surface area is 55.1 Å². The monoisotopic (exact) mass is 128 g/mol. The molecule has 0 aromatic carbocycles. The van der Waals surface area contributed by atoms with E-state index in [4.69, 9.17) is 9.47 Å². The van der Waals surface area contributed by atoms with E-state index in [0.29, 0.717) is 0 Å². The predicted octanol–water partition coefficient (Wildman–Crippen LogP) is 1.16. The number of rotatable bonds is 1. The van der Waals surface area contributed by atoms with Crippen molar-refractivity contribution in [1.82, 2.24) is 0 Å². The normalized spacial score (nSPS) is 30.7. The number of ether oxygens (including phenoxy) is 2. The van der Waals surface area contributed by atoms with Gasteiger partial charge in [0.2, 0.25) is 0 Å². The topological polar surface area (TPSA) is 18.5 Å². The van der Waals surface area contributed by atoms with Crippen LogP contribution in [0.4, 0.5) is 0 Å². The first-order chi connectivity index (χ1) is 4.47. The third kappa shape index (κ3) is 0.970. The first-order valence-electron chi connectivity index (χ1n) is 3.70. The lowest BCUT2D eigenvalue weighted by Gasteiger charge is -2.29. The van der Waals surface area contributed by atoms with Crippen LogP contribution in [-0.2, 0) is 9.47 Å². The van der Waals surface area contributed by atoms with Gasteiger partial charge in [-0.15, -0.1) is 0 Å². The molecule has 2 heteroatoms. The molecule has 0 N–H and O–H groups in total. The Morgan fingerprint density at radius 2 is 1.67 bits per heavy atom. The van der Waals surface area contributed by atoms with Crippen LogP contribution in [0.5, 0.6) is 0 Å². The lowest BCUT2D eigenvalue weighted by atomic mass is 9.85. The average molecular weight is 128 g/mol. The maximum atomic E-state index is 5.33. The molecule has 2 nitrogen and oxygen atoms in total. The van der Waals surface area contributed by atoms with Crippen molar-refractivity contribution < 1.29 is 9.47 Å². The summed E-state index contributed by atoms with van der Waals surface area (Å²) in [6.07, 6.45) is 4.15. The summed E-state index contributed by atoms with van der Waals surface area (Å²) in [6.45, 7) is 1.61. The summed E-state index contributed by atoms with van der Waals surface area (Å²) in [4.78, 5) is 0. The lowest BCUT2D eigenvalue weighted by Crippen LogP contribution is -2.27. The Bertz CT molecular complexity index is 93.1. The standard InChI is InChI=1S/C7H12O2/c1-2-6(3-1)7-8-4-5-9-7/h6-7H,1-5H2. The predicted molar refractivity (Wildman–Crippen MR) is 33.0 cm³/mol. The van der Waals surface area contributed by atoms with Crippen LogP contribution in [0.3, 0.4) is 0 Å². The molecular formula is C7H12O2. The minimum Gasteiger partial charge on any atom is -0.350 e. The Morgan fingerprint density at radius 3 is 2.11 bits per heavy atom. The molecule has 0 aromatic heterocycles. The minimum absolute atomic E-state index is 0.166. The summed E-state index contributed by atoms with van der Waals surface area (Å²) in [5.74, 6) is 0.729. The van der Waals surface area contributed by atoms with Crippen LogP contribution >= 0.6 is 0 Å². The Balaban J connectivity index is 1.82. The van der Waals surface area contributed by atoms with Crippen molar-refractivity contribution in [2.45, 2.75) is 25.6 Å². The molecule has 1 aliphatic carbocycles. The fraction of sp³-hybridized carbons (Fsp3) is 1.00. The van der Waals surface area contributed by atoms with E-state index in [0.717, 1.165) is 19.1 Å². The second-order valence-electron chi connectivity index (χ2n) is 2.80. The van der Waals surface area contributed by atoms with Crippen molar-refractivity contribution in [2.24, 2.45) is 5.92 Å². The van der Waals surface area contributed by atoms with Crippen molar-refractivity contribution in [3.8, 4) is 0 Å². The van der Waals surface area contributed by atoms with Gasteiger partial charge >= 0.3 is 0 Å². The molecule has 0 aromatic rings. The molecule has 0 atom stereocenters. The third-order valence-electron chi connectivity index (χ3n) is 2.18. The third-order valence-corrected chi connectivity index (χ3v) is 2.18. The van der Waals surface area contributed by atoms with E-state index < -0.39 is 0 Å². The van der Waals surface area contributed by atoms with E-state index in [2.05, 4.69) is 0 Å². The summed E-state index contributed by atoms with van der Waals surface area (Å²) in [5, 5.41) is 0. The molecule has 2 fully saturated rings. The van der Waals surface area contributed by atoms with Gasteiger partial charge in [-0.05, 0) is 12.8 Å². The molecule has 2 aliphatic rings. The summed E-state index contributed by atoms with van der Waals surface area (Å²) in [7, 11) is 0. The minimum atomic E-state index is 0.166. The summed E-state index contributed by atoms with van der Waals surface area (Å²) >= 11 is 0. The van der Waals surface area contributed by atoms with E-state index in [1.54, 1.807) is 0 Å². The van der Waals surface area contributed by atoms with E-state index >= 15 is 0 Å². The summed E-state index contributed by atoms with van der Waals surface area (Å²) in [5.41, 5.74) is 0. The smallest absolute Gasteiger partial charge is 0.160 e. The van der Waals surface area contributed by atoms with Gasteiger partial charge in [-0.25, -0.2) is 0 Å². The van der Waals surface area contributed by atoms with Crippen LogP contribution < -0.4 is 0 Å². The lowest BCUT2D eigenvalue weighted by molar-refractivity contribution is -0.104. The Hall–Kier alpha value is -0.0800. The largest absolute Gasteiger partial charge is 0.350 e. The molecule has 0 spiro atoms. The number of hydrogen-bond donors (Lipinski definition) is 0. The van der Waals surface area contributed by atoms with Crippen LogP contribution in [0.2, 0.25) is 0 Å². The summed E-state index contributed by atoms with van der Waals surface area (Å²) < 4.78 is 10.7. The highest BCUT2D eigenvalue weighted by Crippen LogP contribution is 2.32. The van der Waals surface area contributed by atoms with Crippen LogP contribution in [0.15, 0.2) is 0 Å². The molecule has 0 amide bonds. The molecule has 1 heterocycles. The average Bonchev–Trinajstić information content (AvgIpc) is 2.11. The number of hydrogen-bond acceptors (Lipinski definition) is 2. The second-order valence-corrected chi connectivity index (χ2v) is 2.80. The molecule has 0 unspecified atom stereocenters. The molecule has 1 aliphatic heterocycles. The van der Waals surface area contributed by atoms with Gasteiger partial charge in [0, 0.05) is 5.92 Å². The molecule has 0 radical (unpaired) electrons. The highest BCUT2D eigenvalue weighted by Gasteiger charge is 2.30. The zero-order chi connectivity index (χ0) is 6.10.